The number of benzene rings is 1. The Labute approximate surface area is 108 Å². The highest BCUT2D eigenvalue weighted by Gasteiger charge is 2.24. The first kappa shape index (κ1) is 14.3. The van der Waals surface area contributed by atoms with Crippen LogP contribution in [0.2, 0.25) is 0 Å². The number of nitrogens with two attached hydrogens (primary N) is 1. The molecule has 1 unspecified atom stereocenters. The largest absolute Gasteiger partial charge is 0.398 e. The van der Waals surface area contributed by atoms with Crippen molar-refractivity contribution in [3.63, 3.8) is 0 Å². The molecule has 0 aliphatic heterocycles. The molecule has 0 heterocycles. The van der Waals surface area contributed by atoms with Crippen molar-refractivity contribution in [2.24, 2.45) is 0 Å². The number of hydrogen-bond acceptors (Lipinski definition) is 4. The molecule has 0 radical (unpaired) electrons. The summed E-state index contributed by atoms with van der Waals surface area (Å²) in [4.78, 5) is 0. The van der Waals surface area contributed by atoms with Crippen molar-refractivity contribution in [3.05, 3.63) is 23.3 Å². The highest BCUT2D eigenvalue weighted by molar-refractivity contribution is 7.93. The topological polar surface area (TPSA) is 96.0 Å². The van der Waals surface area contributed by atoms with Crippen LogP contribution in [-0.2, 0) is 10.0 Å². The minimum absolute atomic E-state index is 0.242. The number of nitrogens with one attached hydrogen (secondary N) is 1. The molecule has 1 atom stereocenters. The first-order valence-electron chi connectivity index (χ1n) is 5.60. The Morgan fingerprint density at radius 3 is 2.56 bits per heavy atom. The third kappa shape index (κ3) is 2.74. The number of nitrogens with zero attached hydrogens (tertiary/aromatic N) is 1. The van der Waals surface area contributed by atoms with E-state index in [0.29, 0.717) is 16.9 Å². The summed E-state index contributed by atoms with van der Waals surface area (Å²) in [5.41, 5.74) is 8.18. The Morgan fingerprint density at radius 2 is 2.06 bits per heavy atom. The lowest BCUT2D eigenvalue weighted by molar-refractivity contribution is 0.592. The molecule has 0 saturated carbocycles. The molecule has 0 saturated heterocycles. The van der Waals surface area contributed by atoms with Gasteiger partial charge in [0.25, 0.3) is 0 Å². The van der Waals surface area contributed by atoms with Crippen LogP contribution in [0.3, 0.4) is 0 Å². The quantitative estimate of drug-likeness (QED) is 0.815. The minimum atomic E-state index is -3.70. The van der Waals surface area contributed by atoms with Gasteiger partial charge < -0.3 is 5.73 Å². The molecular formula is C12H17N3O2S. The summed E-state index contributed by atoms with van der Waals surface area (Å²) < 4.78 is 26.5. The van der Waals surface area contributed by atoms with E-state index < -0.39 is 15.3 Å². The van der Waals surface area contributed by atoms with Crippen molar-refractivity contribution < 1.29 is 8.42 Å². The van der Waals surface area contributed by atoms with E-state index in [-0.39, 0.29) is 6.42 Å². The average Bonchev–Trinajstić information content (AvgIpc) is 2.31. The van der Waals surface area contributed by atoms with E-state index in [0.717, 1.165) is 5.56 Å². The van der Waals surface area contributed by atoms with Crippen LogP contribution in [0, 0.1) is 25.2 Å². The smallest absolute Gasteiger partial charge is 0.249 e. The van der Waals surface area contributed by atoms with Gasteiger partial charge >= 0.3 is 0 Å². The Hall–Kier alpha value is -1.74. The van der Waals surface area contributed by atoms with Crippen molar-refractivity contribution in [2.75, 3.05) is 10.5 Å². The van der Waals surface area contributed by atoms with E-state index in [1.807, 2.05) is 0 Å². The van der Waals surface area contributed by atoms with Crippen LogP contribution in [0.1, 0.15) is 24.5 Å². The molecule has 0 aliphatic rings. The SMILES string of the molecule is CCC(C#N)S(=O)(=O)Nc1c(C)ccc(N)c1C. The number of aryl methyl sites for hydroxylation is 1. The summed E-state index contributed by atoms with van der Waals surface area (Å²) in [5.74, 6) is 0. The maximum absolute atomic E-state index is 12.0. The lowest BCUT2D eigenvalue weighted by Gasteiger charge is -2.16. The summed E-state index contributed by atoms with van der Waals surface area (Å²) in [5, 5.41) is 7.78. The van der Waals surface area contributed by atoms with Crippen LogP contribution >= 0.6 is 0 Å². The van der Waals surface area contributed by atoms with Gasteiger partial charge in [-0.2, -0.15) is 5.26 Å². The van der Waals surface area contributed by atoms with E-state index in [1.54, 1.807) is 39.0 Å². The zero-order valence-corrected chi connectivity index (χ0v) is 11.5. The van der Waals surface area contributed by atoms with Gasteiger partial charge in [0.1, 0.15) is 0 Å². The minimum Gasteiger partial charge on any atom is -0.398 e. The second-order valence-electron chi connectivity index (χ2n) is 4.14. The van der Waals surface area contributed by atoms with E-state index >= 15 is 0 Å². The van der Waals surface area contributed by atoms with Gasteiger partial charge in [0.2, 0.25) is 10.0 Å². The summed E-state index contributed by atoms with van der Waals surface area (Å²) in [6.45, 7) is 5.19. The maximum atomic E-state index is 12.0. The van der Waals surface area contributed by atoms with Gasteiger partial charge in [0, 0.05) is 5.69 Å². The molecule has 3 N–H and O–H groups in total. The van der Waals surface area contributed by atoms with Crippen molar-refractivity contribution >= 4 is 21.4 Å². The zero-order chi connectivity index (χ0) is 13.9. The molecule has 18 heavy (non-hydrogen) atoms. The average molecular weight is 267 g/mol. The van der Waals surface area contributed by atoms with Crippen LogP contribution in [0.4, 0.5) is 11.4 Å². The molecule has 0 spiro atoms. The third-order valence-electron chi connectivity index (χ3n) is 2.85. The monoisotopic (exact) mass is 267 g/mol. The van der Waals surface area contributed by atoms with Crippen LogP contribution in [0.25, 0.3) is 0 Å². The predicted octanol–water partition coefficient (Wildman–Crippen LogP) is 1.93. The molecule has 0 bridgehead atoms. The Kier molecular flexibility index (Phi) is 4.19. The van der Waals surface area contributed by atoms with E-state index in [9.17, 15) is 8.42 Å². The molecule has 0 amide bonds. The molecule has 6 heteroatoms. The molecule has 1 aromatic carbocycles. The van der Waals surface area contributed by atoms with Gasteiger partial charge in [-0.15, -0.1) is 0 Å². The molecule has 5 nitrogen and oxygen atoms in total. The Balaban J connectivity index is 3.21. The van der Waals surface area contributed by atoms with Crippen LogP contribution < -0.4 is 10.5 Å². The van der Waals surface area contributed by atoms with Gasteiger partial charge in [-0.05, 0) is 37.5 Å². The number of sulfonamides is 1. The van der Waals surface area contributed by atoms with Gasteiger partial charge in [0.15, 0.2) is 5.25 Å². The number of nitrogen functional groups attached to an aromatic ring is 1. The summed E-state index contributed by atoms with van der Waals surface area (Å²) in [7, 11) is -3.70. The first-order valence-corrected chi connectivity index (χ1v) is 7.15. The van der Waals surface area contributed by atoms with E-state index in [4.69, 9.17) is 11.0 Å². The van der Waals surface area contributed by atoms with E-state index in [1.165, 1.54) is 0 Å². The normalized spacial score (nSPS) is 12.8. The number of anilines is 2. The van der Waals surface area contributed by atoms with Gasteiger partial charge in [-0.1, -0.05) is 13.0 Å². The lowest BCUT2D eigenvalue weighted by atomic mass is 10.1. The van der Waals surface area contributed by atoms with E-state index in [2.05, 4.69) is 4.72 Å². The lowest BCUT2D eigenvalue weighted by Crippen LogP contribution is -2.26. The summed E-state index contributed by atoms with van der Waals surface area (Å²) in [6, 6.07) is 5.25. The first-order chi connectivity index (χ1) is 8.33. The van der Waals surface area contributed by atoms with Crippen molar-refractivity contribution in [2.45, 2.75) is 32.4 Å². The highest BCUT2D eigenvalue weighted by atomic mass is 32.2. The molecular weight excluding hydrogens is 250 g/mol. The molecule has 98 valence electrons. The summed E-state index contributed by atoms with van der Waals surface area (Å²) in [6.07, 6.45) is 0.242. The second kappa shape index (κ2) is 5.27. The number of nitriles is 1. The number of hydrogen-bond donors (Lipinski definition) is 2. The fourth-order valence-corrected chi connectivity index (χ4v) is 2.93. The van der Waals surface area contributed by atoms with Gasteiger partial charge in [-0.3, -0.25) is 4.72 Å². The molecule has 1 rings (SSSR count). The van der Waals surface area contributed by atoms with Crippen LogP contribution in [0.5, 0.6) is 0 Å². The van der Waals surface area contributed by atoms with Crippen LogP contribution in [-0.4, -0.2) is 13.7 Å². The third-order valence-corrected chi connectivity index (χ3v) is 4.53. The van der Waals surface area contributed by atoms with Crippen molar-refractivity contribution in [1.82, 2.24) is 0 Å². The fourth-order valence-electron chi connectivity index (χ4n) is 1.61. The Morgan fingerprint density at radius 1 is 1.44 bits per heavy atom. The fraction of sp³-hybridized carbons (Fsp3) is 0.417. The second-order valence-corrected chi connectivity index (χ2v) is 6.01. The predicted molar refractivity (Wildman–Crippen MR) is 72.6 cm³/mol. The number of rotatable bonds is 4. The van der Waals surface area contributed by atoms with Crippen LogP contribution in [0.15, 0.2) is 12.1 Å². The maximum Gasteiger partial charge on any atom is 0.249 e. The molecule has 0 aliphatic carbocycles. The molecule has 0 aromatic heterocycles. The standard InChI is InChI=1S/C12H17N3O2S/c1-4-10(7-13)18(16,17)15-12-8(2)5-6-11(14)9(12)3/h5-6,10,15H,4,14H2,1-3H3. The zero-order valence-electron chi connectivity index (χ0n) is 10.7. The summed E-state index contributed by atoms with van der Waals surface area (Å²) >= 11 is 0. The van der Waals surface area contributed by atoms with Crippen molar-refractivity contribution in [3.8, 4) is 6.07 Å². The van der Waals surface area contributed by atoms with Gasteiger partial charge in [-0.25, -0.2) is 8.42 Å². The highest BCUT2D eigenvalue weighted by Crippen LogP contribution is 2.27. The molecule has 1 aromatic rings. The van der Waals surface area contributed by atoms with Crippen molar-refractivity contribution in [1.29, 1.82) is 5.26 Å². The molecule has 0 fully saturated rings. The Bertz CT molecular complexity index is 588. The van der Waals surface area contributed by atoms with Gasteiger partial charge in [0.05, 0.1) is 11.8 Å².